The number of rotatable bonds is 5. The predicted molar refractivity (Wildman–Crippen MR) is 89.2 cm³/mol. The highest BCUT2D eigenvalue weighted by molar-refractivity contribution is 5.75. The van der Waals surface area contributed by atoms with Crippen LogP contribution in [-0.2, 0) is 22.3 Å². The highest BCUT2D eigenvalue weighted by Gasteiger charge is 2.30. The second-order valence-electron chi connectivity index (χ2n) is 6.41. The number of likely N-dealkylation sites (tertiary alicyclic amines) is 1. The minimum atomic E-state index is -4.39. The number of hydrogen-bond acceptors (Lipinski definition) is 3. The second-order valence-corrected chi connectivity index (χ2v) is 6.41. The van der Waals surface area contributed by atoms with Gasteiger partial charge in [-0.25, -0.2) is 4.79 Å². The lowest BCUT2D eigenvalue weighted by Gasteiger charge is -2.30. The maximum absolute atomic E-state index is 12.7. The van der Waals surface area contributed by atoms with Crippen LogP contribution < -0.4 is 5.32 Å². The molecule has 5 nitrogen and oxygen atoms in total. The van der Waals surface area contributed by atoms with Gasteiger partial charge in [-0.2, -0.15) is 13.2 Å². The molecular weight excluding hydrogens is 349 g/mol. The number of benzene rings is 1. The fourth-order valence-corrected chi connectivity index (χ4v) is 3.02. The molecule has 1 fully saturated rings. The van der Waals surface area contributed by atoms with Gasteiger partial charge in [0.25, 0.3) is 0 Å². The van der Waals surface area contributed by atoms with E-state index in [9.17, 15) is 22.8 Å². The molecule has 1 saturated heterocycles. The van der Waals surface area contributed by atoms with Gasteiger partial charge in [0.15, 0.2) is 0 Å². The SMILES string of the molecule is COC(=O)N1CCC(CCC(=O)NCc2cccc(C(F)(F)F)c2)CC1. The molecule has 0 saturated carbocycles. The van der Waals surface area contributed by atoms with Crippen molar-refractivity contribution in [1.29, 1.82) is 0 Å². The van der Waals surface area contributed by atoms with Crippen molar-refractivity contribution < 1.29 is 27.5 Å². The van der Waals surface area contributed by atoms with Crippen molar-refractivity contribution in [2.45, 2.75) is 38.4 Å². The lowest BCUT2D eigenvalue weighted by Crippen LogP contribution is -2.38. The molecular formula is C18H23F3N2O3. The number of carbonyl (C=O) groups excluding carboxylic acids is 2. The number of nitrogens with one attached hydrogen (secondary N) is 1. The van der Waals surface area contributed by atoms with E-state index in [2.05, 4.69) is 10.1 Å². The molecule has 2 amide bonds. The summed E-state index contributed by atoms with van der Waals surface area (Å²) in [4.78, 5) is 25.0. The number of alkyl halides is 3. The summed E-state index contributed by atoms with van der Waals surface area (Å²) in [6.07, 6.45) is -2.07. The Morgan fingerprint density at radius 1 is 1.27 bits per heavy atom. The van der Waals surface area contributed by atoms with Crippen LogP contribution in [0.4, 0.5) is 18.0 Å². The van der Waals surface area contributed by atoms with Gasteiger partial charge in [-0.15, -0.1) is 0 Å². The summed E-state index contributed by atoms with van der Waals surface area (Å²) < 4.78 is 42.7. The molecule has 26 heavy (non-hydrogen) atoms. The first-order chi connectivity index (χ1) is 12.3. The molecule has 0 aromatic heterocycles. The van der Waals surface area contributed by atoms with Crippen molar-refractivity contribution in [3.05, 3.63) is 35.4 Å². The monoisotopic (exact) mass is 372 g/mol. The van der Waals surface area contributed by atoms with Crippen LogP contribution in [-0.4, -0.2) is 37.1 Å². The number of amides is 2. The van der Waals surface area contributed by atoms with Crippen LogP contribution in [0.1, 0.15) is 36.8 Å². The number of halogens is 3. The number of piperidine rings is 1. The quantitative estimate of drug-likeness (QED) is 0.860. The molecule has 2 rings (SSSR count). The van der Waals surface area contributed by atoms with Crippen molar-refractivity contribution in [2.75, 3.05) is 20.2 Å². The van der Waals surface area contributed by atoms with E-state index in [0.717, 1.165) is 25.0 Å². The zero-order chi connectivity index (χ0) is 19.2. The third-order valence-corrected chi connectivity index (χ3v) is 4.57. The van der Waals surface area contributed by atoms with Crippen molar-refractivity contribution >= 4 is 12.0 Å². The maximum atomic E-state index is 12.7. The summed E-state index contributed by atoms with van der Waals surface area (Å²) in [5.41, 5.74) is -0.304. The summed E-state index contributed by atoms with van der Waals surface area (Å²) >= 11 is 0. The van der Waals surface area contributed by atoms with Gasteiger partial charge in [0, 0.05) is 26.1 Å². The first-order valence-electron chi connectivity index (χ1n) is 8.55. The first-order valence-corrected chi connectivity index (χ1v) is 8.55. The Morgan fingerprint density at radius 2 is 1.96 bits per heavy atom. The van der Waals surface area contributed by atoms with Crippen LogP contribution in [0.5, 0.6) is 0 Å². The number of methoxy groups -OCH3 is 1. The fourth-order valence-electron chi connectivity index (χ4n) is 3.02. The Balaban J connectivity index is 1.71. The molecule has 0 unspecified atom stereocenters. The molecule has 1 aromatic carbocycles. The van der Waals surface area contributed by atoms with E-state index in [-0.39, 0.29) is 18.5 Å². The largest absolute Gasteiger partial charge is 0.453 e. The van der Waals surface area contributed by atoms with Gasteiger partial charge < -0.3 is 15.0 Å². The summed E-state index contributed by atoms with van der Waals surface area (Å²) in [5.74, 6) is 0.174. The van der Waals surface area contributed by atoms with Crippen LogP contribution in [0.3, 0.4) is 0 Å². The Morgan fingerprint density at radius 3 is 2.58 bits per heavy atom. The zero-order valence-electron chi connectivity index (χ0n) is 14.6. The van der Waals surface area contributed by atoms with Gasteiger partial charge in [-0.05, 0) is 42.9 Å². The number of hydrogen-bond donors (Lipinski definition) is 1. The van der Waals surface area contributed by atoms with Crippen LogP contribution >= 0.6 is 0 Å². The highest BCUT2D eigenvalue weighted by atomic mass is 19.4. The standard InChI is InChI=1S/C18H23F3N2O3/c1-26-17(25)23-9-7-13(8-10-23)5-6-16(24)22-12-14-3-2-4-15(11-14)18(19,20)21/h2-4,11,13H,5-10,12H2,1H3,(H,22,24). The van der Waals surface area contributed by atoms with E-state index in [1.807, 2.05) is 0 Å². The van der Waals surface area contributed by atoms with Crippen LogP contribution in [0.25, 0.3) is 0 Å². The zero-order valence-corrected chi connectivity index (χ0v) is 14.6. The average Bonchev–Trinajstić information content (AvgIpc) is 2.64. The molecule has 8 heteroatoms. The van der Waals surface area contributed by atoms with Gasteiger partial charge >= 0.3 is 12.3 Å². The molecule has 1 aliphatic heterocycles. The smallest absolute Gasteiger partial charge is 0.416 e. The number of carbonyl (C=O) groups is 2. The molecule has 0 spiro atoms. The second kappa shape index (κ2) is 8.91. The van der Waals surface area contributed by atoms with E-state index in [1.54, 1.807) is 11.0 Å². The third-order valence-electron chi connectivity index (χ3n) is 4.57. The molecule has 0 aliphatic carbocycles. The topological polar surface area (TPSA) is 58.6 Å². The minimum Gasteiger partial charge on any atom is -0.453 e. The molecule has 1 aromatic rings. The minimum absolute atomic E-state index is 0.0730. The van der Waals surface area contributed by atoms with Gasteiger partial charge in [-0.3, -0.25) is 4.79 Å². The number of ether oxygens (including phenoxy) is 1. The van der Waals surface area contributed by atoms with Gasteiger partial charge in [0.05, 0.1) is 12.7 Å². The van der Waals surface area contributed by atoms with E-state index >= 15 is 0 Å². The normalized spacial score (nSPS) is 15.6. The molecule has 1 aliphatic rings. The van der Waals surface area contributed by atoms with E-state index in [1.165, 1.54) is 13.2 Å². The Hall–Kier alpha value is -2.25. The van der Waals surface area contributed by atoms with Crippen molar-refractivity contribution in [1.82, 2.24) is 10.2 Å². The third kappa shape index (κ3) is 5.93. The molecule has 0 atom stereocenters. The Bertz CT molecular complexity index is 626. The van der Waals surface area contributed by atoms with E-state index < -0.39 is 11.7 Å². The van der Waals surface area contributed by atoms with Crippen LogP contribution in [0.15, 0.2) is 24.3 Å². The lowest BCUT2D eigenvalue weighted by atomic mass is 9.92. The van der Waals surface area contributed by atoms with E-state index in [4.69, 9.17) is 0 Å². The average molecular weight is 372 g/mol. The van der Waals surface area contributed by atoms with Crippen LogP contribution in [0.2, 0.25) is 0 Å². The highest BCUT2D eigenvalue weighted by Crippen LogP contribution is 2.29. The predicted octanol–water partition coefficient (Wildman–Crippen LogP) is 3.58. The summed E-state index contributed by atoms with van der Waals surface area (Å²) in [5, 5.41) is 2.66. The summed E-state index contributed by atoms with van der Waals surface area (Å²) in [6, 6.07) is 4.94. The van der Waals surface area contributed by atoms with Crippen LogP contribution in [0, 0.1) is 5.92 Å². The molecule has 144 valence electrons. The molecule has 0 radical (unpaired) electrons. The summed E-state index contributed by atoms with van der Waals surface area (Å²) in [7, 11) is 1.35. The molecule has 0 bridgehead atoms. The maximum Gasteiger partial charge on any atom is 0.416 e. The fraction of sp³-hybridized carbons (Fsp3) is 0.556. The summed E-state index contributed by atoms with van der Waals surface area (Å²) in [6.45, 7) is 1.30. The Kier molecular flexibility index (Phi) is 6.88. The van der Waals surface area contributed by atoms with Gasteiger partial charge in [0.1, 0.15) is 0 Å². The van der Waals surface area contributed by atoms with Gasteiger partial charge in [0.2, 0.25) is 5.91 Å². The Labute approximate surface area is 150 Å². The van der Waals surface area contributed by atoms with Crippen molar-refractivity contribution in [2.24, 2.45) is 5.92 Å². The van der Waals surface area contributed by atoms with Gasteiger partial charge in [-0.1, -0.05) is 12.1 Å². The molecule has 1 N–H and O–H groups in total. The lowest BCUT2D eigenvalue weighted by molar-refractivity contribution is -0.137. The van der Waals surface area contributed by atoms with Crippen molar-refractivity contribution in [3.8, 4) is 0 Å². The number of nitrogens with zero attached hydrogens (tertiary/aromatic N) is 1. The first kappa shape index (κ1) is 20.1. The van der Waals surface area contributed by atoms with E-state index in [0.29, 0.717) is 37.4 Å². The molecule has 1 heterocycles. The van der Waals surface area contributed by atoms with Crippen molar-refractivity contribution in [3.63, 3.8) is 0 Å².